The van der Waals surface area contributed by atoms with Crippen molar-refractivity contribution in [2.24, 2.45) is 5.92 Å². The Morgan fingerprint density at radius 2 is 1.61 bits per heavy atom. The Labute approximate surface area is 140 Å². The van der Waals surface area contributed by atoms with E-state index in [4.69, 9.17) is 0 Å². The zero-order valence-corrected chi connectivity index (χ0v) is 14.6. The van der Waals surface area contributed by atoms with E-state index in [0.717, 1.165) is 13.1 Å². The summed E-state index contributed by atoms with van der Waals surface area (Å²) in [4.78, 5) is 2.37. The van der Waals surface area contributed by atoms with Gasteiger partial charge in [0.15, 0.2) is 0 Å². The summed E-state index contributed by atoms with van der Waals surface area (Å²) in [6.07, 6.45) is 0.379. The molecule has 2 rings (SSSR count). The second kappa shape index (κ2) is 8.85. The van der Waals surface area contributed by atoms with Crippen molar-refractivity contribution < 1.29 is 5.11 Å². The van der Waals surface area contributed by atoms with Crippen LogP contribution in [-0.2, 0) is 13.0 Å². The lowest BCUT2D eigenvalue weighted by Gasteiger charge is -2.27. The second-order valence-electron chi connectivity index (χ2n) is 6.92. The van der Waals surface area contributed by atoms with Crippen molar-refractivity contribution in [3.05, 3.63) is 71.3 Å². The van der Waals surface area contributed by atoms with Gasteiger partial charge in [-0.25, -0.2) is 0 Å². The molecule has 0 spiro atoms. The Bertz CT molecular complexity index is 579. The van der Waals surface area contributed by atoms with Gasteiger partial charge in [0.25, 0.3) is 0 Å². The molecule has 0 saturated carbocycles. The Hall–Kier alpha value is -1.64. The molecule has 0 amide bonds. The van der Waals surface area contributed by atoms with Crippen molar-refractivity contribution in [3.8, 4) is 0 Å². The molecule has 124 valence electrons. The summed E-state index contributed by atoms with van der Waals surface area (Å²) in [5, 5.41) is 10.5. The first-order valence-electron chi connectivity index (χ1n) is 8.53. The van der Waals surface area contributed by atoms with Crippen molar-refractivity contribution >= 4 is 0 Å². The number of rotatable bonds is 8. The first kappa shape index (κ1) is 17.7. The van der Waals surface area contributed by atoms with Crippen LogP contribution in [0, 0.1) is 12.8 Å². The van der Waals surface area contributed by atoms with Crippen LogP contribution in [0.1, 0.15) is 30.5 Å². The standard InChI is InChI=1S/C21H29NO/c1-17(2)14-22(15-20-11-7-8-18(3)12-20)16-21(23)13-19-9-5-4-6-10-19/h4-12,17,21,23H,13-16H2,1-3H3/t21-/m0/s1. The zero-order chi connectivity index (χ0) is 16.7. The van der Waals surface area contributed by atoms with Crippen LogP contribution in [0.15, 0.2) is 54.6 Å². The molecule has 2 heteroatoms. The van der Waals surface area contributed by atoms with Crippen LogP contribution in [0.25, 0.3) is 0 Å². The molecule has 0 unspecified atom stereocenters. The van der Waals surface area contributed by atoms with E-state index in [1.54, 1.807) is 0 Å². The molecule has 0 bridgehead atoms. The summed E-state index contributed by atoms with van der Waals surface area (Å²) in [6.45, 7) is 9.19. The molecular weight excluding hydrogens is 282 g/mol. The van der Waals surface area contributed by atoms with Crippen molar-refractivity contribution in [2.45, 2.75) is 39.8 Å². The number of nitrogens with zero attached hydrogens (tertiary/aromatic N) is 1. The fraction of sp³-hybridized carbons (Fsp3) is 0.429. The average Bonchev–Trinajstić information content (AvgIpc) is 2.47. The van der Waals surface area contributed by atoms with E-state index in [2.05, 4.69) is 62.1 Å². The fourth-order valence-corrected chi connectivity index (χ4v) is 3.04. The third-order valence-electron chi connectivity index (χ3n) is 3.90. The summed E-state index contributed by atoms with van der Waals surface area (Å²) in [5.41, 5.74) is 3.80. The predicted molar refractivity (Wildman–Crippen MR) is 97.4 cm³/mol. The largest absolute Gasteiger partial charge is 0.391 e. The van der Waals surface area contributed by atoms with Crippen molar-refractivity contribution in [1.82, 2.24) is 4.90 Å². The molecule has 0 aromatic heterocycles. The van der Waals surface area contributed by atoms with Gasteiger partial charge in [0.2, 0.25) is 0 Å². The van der Waals surface area contributed by atoms with Gasteiger partial charge < -0.3 is 5.11 Å². The van der Waals surface area contributed by atoms with Crippen molar-refractivity contribution in [3.63, 3.8) is 0 Å². The van der Waals surface area contributed by atoms with Crippen LogP contribution >= 0.6 is 0 Å². The minimum absolute atomic E-state index is 0.332. The summed E-state index contributed by atoms with van der Waals surface area (Å²) in [5.74, 6) is 0.587. The van der Waals surface area contributed by atoms with E-state index < -0.39 is 0 Å². The monoisotopic (exact) mass is 311 g/mol. The molecule has 0 aliphatic heterocycles. The quantitative estimate of drug-likeness (QED) is 0.795. The van der Waals surface area contributed by atoms with Crippen LogP contribution in [0.2, 0.25) is 0 Å². The van der Waals surface area contributed by atoms with Crippen LogP contribution in [0.4, 0.5) is 0 Å². The number of hydrogen-bond donors (Lipinski definition) is 1. The fourth-order valence-electron chi connectivity index (χ4n) is 3.04. The Kier molecular flexibility index (Phi) is 6.82. The summed E-state index contributed by atoms with van der Waals surface area (Å²) in [7, 11) is 0. The van der Waals surface area contributed by atoms with Gasteiger partial charge in [-0.05, 0) is 30.4 Å². The maximum atomic E-state index is 10.5. The van der Waals surface area contributed by atoms with Gasteiger partial charge in [-0.15, -0.1) is 0 Å². The highest BCUT2D eigenvalue weighted by Gasteiger charge is 2.14. The molecule has 0 fully saturated rings. The van der Waals surface area contributed by atoms with Gasteiger partial charge in [-0.3, -0.25) is 4.90 Å². The molecular formula is C21H29NO. The summed E-state index contributed by atoms with van der Waals surface area (Å²) < 4.78 is 0. The van der Waals surface area contributed by atoms with Gasteiger partial charge in [0.1, 0.15) is 0 Å². The highest BCUT2D eigenvalue weighted by atomic mass is 16.3. The van der Waals surface area contributed by atoms with Crippen LogP contribution in [0.3, 0.4) is 0 Å². The van der Waals surface area contributed by atoms with Gasteiger partial charge in [0.05, 0.1) is 6.10 Å². The normalized spacial score (nSPS) is 12.8. The van der Waals surface area contributed by atoms with E-state index in [1.165, 1.54) is 16.7 Å². The number of aryl methyl sites for hydroxylation is 1. The SMILES string of the molecule is Cc1cccc(CN(CC(C)C)C[C@@H](O)Cc2ccccc2)c1. The van der Waals surface area contributed by atoms with Crippen LogP contribution < -0.4 is 0 Å². The van der Waals surface area contributed by atoms with Gasteiger partial charge in [-0.2, -0.15) is 0 Å². The van der Waals surface area contributed by atoms with Crippen molar-refractivity contribution in [2.75, 3.05) is 13.1 Å². The highest BCUT2D eigenvalue weighted by molar-refractivity contribution is 5.22. The minimum Gasteiger partial charge on any atom is -0.391 e. The number of aliphatic hydroxyl groups excluding tert-OH is 1. The molecule has 1 N–H and O–H groups in total. The molecule has 0 radical (unpaired) electrons. The first-order valence-corrected chi connectivity index (χ1v) is 8.53. The minimum atomic E-state index is -0.332. The predicted octanol–water partition coefficient (Wildman–Crippen LogP) is 4.06. The van der Waals surface area contributed by atoms with E-state index in [-0.39, 0.29) is 6.10 Å². The molecule has 0 saturated heterocycles. The van der Waals surface area contributed by atoms with Gasteiger partial charge in [0, 0.05) is 19.6 Å². The smallest absolute Gasteiger partial charge is 0.0707 e. The van der Waals surface area contributed by atoms with E-state index in [1.807, 2.05) is 18.2 Å². The van der Waals surface area contributed by atoms with E-state index >= 15 is 0 Å². The number of hydrogen-bond acceptors (Lipinski definition) is 2. The molecule has 2 aromatic rings. The molecule has 1 atom stereocenters. The lowest BCUT2D eigenvalue weighted by atomic mass is 10.1. The molecule has 2 nitrogen and oxygen atoms in total. The van der Waals surface area contributed by atoms with Gasteiger partial charge in [-0.1, -0.05) is 74.0 Å². The molecule has 23 heavy (non-hydrogen) atoms. The van der Waals surface area contributed by atoms with E-state index in [9.17, 15) is 5.11 Å². The molecule has 0 heterocycles. The first-order chi connectivity index (χ1) is 11.0. The maximum Gasteiger partial charge on any atom is 0.0707 e. The second-order valence-corrected chi connectivity index (χ2v) is 6.92. The molecule has 0 aliphatic rings. The molecule has 0 aliphatic carbocycles. The van der Waals surface area contributed by atoms with Crippen LogP contribution in [0.5, 0.6) is 0 Å². The number of benzene rings is 2. The maximum absolute atomic E-state index is 10.5. The summed E-state index contributed by atoms with van der Waals surface area (Å²) >= 11 is 0. The number of aliphatic hydroxyl groups is 1. The van der Waals surface area contributed by atoms with E-state index in [0.29, 0.717) is 18.9 Å². The Morgan fingerprint density at radius 1 is 0.913 bits per heavy atom. The Morgan fingerprint density at radius 3 is 2.26 bits per heavy atom. The van der Waals surface area contributed by atoms with Crippen LogP contribution in [-0.4, -0.2) is 29.2 Å². The van der Waals surface area contributed by atoms with Crippen molar-refractivity contribution in [1.29, 1.82) is 0 Å². The van der Waals surface area contributed by atoms with Gasteiger partial charge >= 0.3 is 0 Å². The lowest BCUT2D eigenvalue weighted by molar-refractivity contribution is 0.101. The lowest BCUT2D eigenvalue weighted by Crippen LogP contribution is -2.35. The average molecular weight is 311 g/mol. The Balaban J connectivity index is 1.97. The highest BCUT2D eigenvalue weighted by Crippen LogP contribution is 2.12. The third kappa shape index (κ3) is 6.55. The zero-order valence-electron chi connectivity index (χ0n) is 14.6. The molecule has 2 aromatic carbocycles. The third-order valence-corrected chi connectivity index (χ3v) is 3.90. The summed E-state index contributed by atoms with van der Waals surface area (Å²) in [6, 6.07) is 18.9. The topological polar surface area (TPSA) is 23.5 Å².